The molecule has 1 aromatic heterocycles. The van der Waals surface area contributed by atoms with Crippen LogP contribution in [0.4, 0.5) is 8.78 Å². The maximum atomic E-state index is 11.6. The van der Waals surface area contributed by atoms with Crippen LogP contribution in [0.25, 0.3) is 0 Å². The molecule has 0 aromatic carbocycles. The Morgan fingerprint density at radius 1 is 1.64 bits per heavy atom. The summed E-state index contributed by atoms with van der Waals surface area (Å²) >= 11 is 0.801. The largest absolute Gasteiger partial charge is 0.341 e. The molecule has 0 unspecified atom stereocenters. The van der Waals surface area contributed by atoms with E-state index in [0.29, 0.717) is 0 Å². The molecule has 0 aliphatic rings. The van der Waals surface area contributed by atoms with Crippen molar-refractivity contribution in [2.75, 3.05) is 5.75 Å². The van der Waals surface area contributed by atoms with Gasteiger partial charge in [-0.3, -0.25) is 4.98 Å². The standard InChI is InChI=1S/C4H5F2N3OS/c5-2(6)1-11-4-7-3(10)8-9-4/h2H,1H2,(H2,7,8,9,10). The minimum Gasteiger partial charge on any atom is -0.284 e. The molecule has 1 aromatic rings. The third-order valence-corrected chi connectivity index (χ3v) is 1.71. The van der Waals surface area contributed by atoms with Crippen molar-refractivity contribution in [1.29, 1.82) is 0 Å². The number of hydrogen-bond acceptors (Lipinski definition) is 3. The van der Waals surface area contributed by atoms with Crippen LogP contribution in [0.5, 0.6) is 0 Å². The zero-order chi connectivity index (χ0) is 8.27. The van der Waals surface area contributed by atoms with E-state index in [1.54, 1.807) is 0 Å². The van der Waals surface area contributed by atoms with Crippen LogP contribution >= 0.6 is 11.8 Å². The fraction of sp³-hybridized carbons (Fsp3) is 0.500. The molecular formula is C4H5F2N3OS. The lowest BCUT2D eigenvalue weighted by Crippen LogP contribution is -2.00. The summed E-state index contributed by atoms with van der Waals surface area (Å²) in [5, 5.41) is 5.68. The Morgan fingerprint density at radius 2 is 2.36 bits per heavy atom. The molecule has 0 fully saturated rings. The van der Waals surface area contributed by atoms with Crippen molar-refractivity contribution in [2.45, 2.75) is 11.6 Å². The molecule has 0 radical (unpaired) electrons. The lowest BCUT2D eigenvalue weighted by Gasteiger charge is -1.92. The number of rotatable bonds is 3. The smallest absolute Gasteiger partial charge is 0.284 e. The van der Waals surface area contributed by atoms with Crippen LogP contribution in [-0.2, 0) is 0 Å². The van der Waals surface area contributed by atoms with Gasteiger partial charge in [0.15, 0.2) is 5.16 Å². The SMILES string of the molecule is O=c1[nH]nc(SCC(F)F)[nH]1. The summed E-state index contributed by atoms with van der Waals surface area (Å²) in [6.45, 7) is 0. The summed E-state index contributed by atoms with van der Waals surface area (Å²) < 4.78 is 23.2. The average Bonchev–Trinajstić information content (AvgIpc) is 2.31. The van der Waals surface area contributed by atoms with Crippen molar-refractivity contribution in [1.82, 2.24) is 15.2 Å². The zero-order valence-electron chi connectivity index (χ0n) is 5.30. The zero-order valence-corrected chi connectivity index (χ0v) is 6.12. The first-order valence-electron chi connectivity index (χ1n) is 2.74. The van der Waals surface area contributed by atoms with Crippen molar-refractivity contribution >= 4 is 11.8 Å². The molecule has 2 N–H and O–H groups in total. The van der Waals surface area contributed by atoms with Crippen LogP contribution in [-0.4, -0.2) is 27.4 Å². The van der Waals surface area contributed by atoms with Gasteiger partial charge in [0.25, 0.3) is 0 Å². The van der Waals surface area contributed by atoms with E-state index < -0.39 is 12.1 Å². The van der Waals surface area contributed by atoms with Gasteiger partial charge in [-0.05, 0) is 0 Å². The Hall–Kier alpha value is -0.850. The molecule has 0 amide bonds. The van der Waals surface area contributed by atoms with Crippen LogP contribution < -0.4 is 5.69 Å². The summed E-state index contributed by atoms with van der Waals surface area (Å²) in [5.41, 5.74) is -0.484. The summed E-state index contributed by atoms with van der Waals surface area (Å²) in [7, 11) is 0. The van der Waals surface area contributed by atoms with E-state index in [2.05, 4.69) is 15.2 Å². The third-order valence-electron chi connectivity index (χ3n) is 0.825. The highest BCUT2D eigenvalue weighted by Crippen LogP contribution is 2.12. The average molecular weight is 181 g/mol. The number of aromatic nitrogens is 3. The Balaban J connectivity index is 2.45. The topological polar surface area (TPSA) is 61.5 Å². The van der Waals surface area contributed by atoms with Gasteiger partial charge < -0.3 is 0 Å². The summed E-state index contributed by atoms with van der Waals surface area (Å²) in [6, 6.07) is 0. The quantitative estimate of drug-likeness (QED) is 0.666. The number of nitrogens with zero attached hydrogens (tertiary/aromatic N) is 1. The highest BCUT2D eigenvalue weighted by atomic mass is 32.2. The molecule has 0 bridgehead atoms. The maximum absolute atomic E-state index is 11.6. The second kappa shape index (κ2) is 3.51. The first kappa shape index (κ1) is 8.25. The van der Waals surface area contributed by atoms with Crippen molar-refractivity contribution in [2.24, 2.45) is 0 Å². The lowest BCUT2D eigenvalue weighted by molar-refractivity contribution is 0.176. The summed E-state index contributed by atoms with van der Waals surface area (Å²) in [4.78, 5) is 12.6. The molecule has 0 saturated carbocycles. The maximum Gasteiger partial charge on any atom is 0.341 e. The Labute approximate surface area is 64.4 Å². The molecule has 0 spiro atoms. The van der Waals surface area contributed by atoms with Crippen molar-refractivity contribution in [3.8, 4) is 0 Å². The number of H-pyrrole nitrogens is 2. The first-order chi connectivity index (χ1) is 5.18. The van der Waals surface area contributed by atoms with Gasteiger partial charge in [-0.25, -0.2) is 18.7 Å². The molecule has 0 saturated heterocycles. The molecule has 11 heavy (non-hydrogen) atoms. The molecule has 1 rings (SSSR count). The number of nitrogens with one attached hydrogen (secondary N) is 2. The fourth-order valence-corrected chi connectivity index (χ4v) is 1.02. The molecular weight excluding hydrogens is 176 g/mol. The van der Waals surface area contributed by atoms with E-state index in [-0.39, 0.29) is 10.9 Å². The second-order valence-corrected chi connectivity index (χ2v) is 2.69. The van der Waals surface area contributed by atoms with Gasteiger partial charge in [0.1, 0.15) is 0 Å². The third kappa shape index (κ3) is 2.71. The van der Waals surface area contributed by atoms with Crippen LogP contribution in [0.1, 0.15) is 0 Å². The lowest BCUT2D eigenvalue weighted by atomic mass is 10.9. The number of aromatic amines is 2. The normalized spacial score (nSPS) is 10.8. The molecule has 4 nitrogen and oxygen atoms in total. The number of hydrogen-bond donors (Lipinski definition) is 2. The number of thioether (sulfide) groups is 1. The Bertz CT molecular complexity index is 270. The Kier molecular flexibility index (Phi) is 2.64. The highest BCUT2D eigenvalue weighted by Gasteiger charge is 2.05. The first-order valence-corrected chi connectivity index (χ1v) is 3.72. The van der Waals surface area contributed by atoms with Crippen LogP contribution in [0.2, 0.25) is 0 Å². The predicted molar refractivity (Wildman–Crippen MR) is 35.9 cm³/mol. The van der Waals surface area contributed by atoms with Gasteiger partial charge in [0, 0.05) is 0 Å². The van der Waals surface area contributed by atoms with Gasteiger partial charge in [-0.15, -0.1) is 5.10 Å². The van der Waals surface area contributed by atoms with Gasteiger partial charge in [0.05, 0.1) is 5.75 Å². The number of halogens is 2. The van der Waals surface area contributed by atoms with E-state index in [0.717, 1.165) is 11.8 Å². The second-order valence-electron chi connectivity index (χ2n) is 1.68. The predicted octanol–water partition coefficient (Wildman–Crippen LogP) is 0.455. The minimum atomic E-state index is -2.39. The number of alkyl halides is 2. The van der Waals surface area contributed by atoms with Crippen molar-refractivity contribution in [3.05, 3.63) is 10.5 Å². The fourth-order valence-electron chi connectivity index (χ4n) is 0.465. The van der Waals surface area contributed by atoms with Crippen molar-refractivity contribution in [3.63, 3.8) is 0 Å². The summed E-state index contributed by atoms with van der Waals surface area (Å²) in [6.07, 6.45) is -2.39. The van der Waals surface area contributed by atoms with Gasteiger partial charge in [-0.1, -0.05) is 11.8 Å². The monoisotopic (exact) mass is 181 g/mol. The van der Waals surface area contributed by atoms with E-state index in [1.165, 1.54) is 0 Å². The molecule has 1 heterocycles. The molecule has 7 heteroatoms. The van der Waals surface area contributed by atoms with Crippen LogP contribution in [0.3, 0.4) is 0 Å². The van der Waals surface area contributed by atoms with E-state index in [4.69, 9.17) is 0 Å². The Morgan fingerprint density at radius 3 is 2.82 bits per heavy atom. The molecule has 0 atom stereocenters. The molecule has 62 valence electrons. The van der Waals surface area contributed by atoms with Gasteiger partial charge >= 0.3 is 5.69 Å². The van der Waals surface area contributed by atoms with E-state index >= 15 is 0 Å². The van der Waals surface area contributed by atoms with Gasteiger partial charge in [0.2, 0.25) is 6.43 Å². The van der Waals surface area contributed by atoms with Gasteiger partial charge in [-0.2, -0.15) is 0 Å². The van der Waals surface area contributed by atoms with E-state index in [9.17, 15) is 13.6 Å². The highest BCUT2D eigenvalue weighted by molar-refractivity contribution is 7.99. The van der Waals surface area contributed by atoms with Crippen LogP contribution in [0, 0.1) is 0 Å². The van der Waals surface area contributed by atoms with E-state index in [1.807, 2.05) is 0 Å². The minimum absolute atomic E-state index is 0.190. The summed E-state index contributed by atoms with van der Waals surface area (Å²) in [5.74, 6) is -0.360. The molecule has 0 aliphatic carbocycles. The molecule has 0 aliphatic heterocycles. The van der Waals surface area contributed by atoms with Crippen molar-refractivity contribution < 1.29 is 8.78 Å². The van der Waals surface area contributed by atoms with Crippen LogP contribution in [0.15, 0.2) is 9.95 Å².